The van der Waals surface area contributed by atoms with E-state index in [0.29, 0.717) is 10.9 Å². The number of halogens is 2. The van der Waals surface area contributed by atoms with Gasteiger partial charge in [0.1, 0.15) is 0 Å². The van der Waals surface area contributed by atoms with Crippen molar-refractivity contribution in [1.29, 1.82) is 0 Å². The van der Waals surface area contributed by atoms with E-state index in [1.165, 1.54) is 0 Å². The quantitative estimate of drug-likeness (QED) is 0.837. The number of hydrogen-bond donors (Lipinski definition) is 1. The molecule has 0 spiro atoms. The van der Waals surface area contributed by atoms with Crippen LogP contribution in [0.25, 0.3) is 10.9 Å². The second-order valence-corrected chi connectivity index (χ2v) is 5.89. The number of anilines is 1. The first-order valence-electron chi connectivity index (χ1n) is 6.06. The first-order valence-corrected chi connectivity index (χ1v) is 7.23. The second-order valence-electron chi connectivity index (χ2n) is 4.56. The summed E-state index contributed by atoms with van der Waals surface area (Å²) in [7, 11) is 0. The van der Waals surface area contributed by atoms with E-state index >= 15 is 0 Å². The van der Waals surface area contributed by atoms with Gasteiger partial charge in [-0.1, -0.05) is 41.4 Å². The van der Waals surface area contributed by atoms with Crippen molar-refractivity contribution in [3.05, 3.63) is 33.4 Å². The summed E-state index contributed by atoms with van der Waals surface area (Å²) in [5.74, 6) is 0.381. The molecule has 0 saturated carbocycles. The Labute approximate surface area is 121 Å². The van der Waals surface area contributed by atoms with Gasteiger partial charge in [-0.25, -0.2) is 0 Å². The topological polar surface area (TPSA) is 24.9 Å². The first kappa shape index (κ1) is 13.6. The van der Waals surface area contributed by atoms with Crippen molar-refractivity contribution in [1.82, 2.24) is 4.98 Å². The molecule has 2 nitrogen and oxygen atoms in total. The summed E-state index contributed by atoms with van der Waals surface area (Å²) in [5, 5.41) is 5.12. The molecule has 0 unspecified atom stereocenters. The predicted octanol–water partition coefficient (Wildman–Crippen LogP) is 5.21. The summed E-state index contributed by atoms with van der Waals surface area (Å²) in [4.78, 5) is 4.67. The van der Waals surface area contributed by atoms with Crippen LogP contribution in [0.5, 0.6) is 0 Å². The van der Waals surface area contributed by atoms with Crippen molar-refractivity contribution >= 4 is 44.1 Å². The molecule has 0 amide bonds. The van der Waals surface area contributed by atoms with Crippen LogP contribution in [0.1, 0.15) is 32.4 Å². The molecule has 1 aromatic heterocycles. The fourth-order valence-corrected chi connectivity index (χ4v) is 2.76. The molecule has 0 aliphatic carbocycles. The van der Waals surface area contributed by atoms with Crippen LogP contribution in [0.4, 0.5) is 5.69 Å². The van der Waals surface area contributed by atoms with Gasteiger partial charge in [-0.15, -0.1) is 0 Å². The molecule has 0 atom stereocenters. The van der Waals surface area contributed by atoms with E-state index in [-0.39, 0.29) is 0 Å². The third-order valence-electron chi connectivity index (χ3n) is 2.81. The van der Waals surface area contributed by atoms with Crippen LogP contribution < -0.4 is 5.32 Å². The van der Waals surface area contributed by atoms with Crippen molar-refractivity contribution in [3.8, 4) is 0 Å². The fourth-order valence-electron chi connectivity index (χ4n) is 1.90. The SMILES string of the molecule is CCNc1cc(C(C)C)nc2c(Cl)cc(Br)cc12. The van der Waals surface area contributed by atoms with Crippen molar-refractivity contribution in [3.63, 3.8) is 0 Å². The minimum Gasteiger partial charge on any atom is -0.385 e. The molecule has 0 bridgehead atoms. The van der Waals surface area contributed by atoms with E-state index in [1.54, 1.807) is 0 Å². The number of aromatic nitrogens is 1. The molecule has 0 aliphatic heterocycles. The summed E-state index contributed by atoms with van der Waals surface area (Å²) < 4.78 is 0.971. The molecule has 2 aromatic rings. The summed E-state index contributed by atoms with van der Waals surface area (Å²) in [6.07, 6.45) is 0. The Balaban J connectivity index is 2.76. The van der Waals surface area contributed by atoms with E-state index in [4.69, 9.17) is 11.6 Å². The minimum atomic E-state index is 0.381. The van der Waals surface area contributed by atoms with Crippen LogP contribution >= 0.6 is 27.5 Å². The highest BCUT2D eigenvalue weighted by Crippen LogP contribution is 2.33. The standard InChI is InChI=1S/C14H16BrClN2/c1-4-17-13-7-12(8(2)3)18-14-10(13)5-9(15)6-11(14)16/h5-8H,4H2,1-3H3,(H,17,18). The Hall–Kier alpha value is -0.800. The van der Waals surface area contributed by atoms with Gasteiger partial charge in [0.2, 0.25) is 0 Å². The molecule has 0 fully saturated rings. The van der Waals surface area contributed by atoms with Gasteiger partial charge >= 0.3 is 0 Å². The van der Waals surface area contributed by atoms with Gasteiger partial charge in [-0.05, 0) is 31.0 Å². The first-order chi connectivity index (χ1) is 8.52. The van der Waals surface area contributed by atoms with E-state index in [1.807, 2.05) is 6.07 Å². The van der Waals surface area contributed by atoms with Crippen molar-refractivity contribution in [2.45, 2.75) is 26.7 Å². The number of hydrogen-bond acceptors (Lipinski definition) is 2. The van der Waals surface area contributed by atoms with Gasteiger partial charge in [0.05, 0.1) is 10.5 Å². The molecule has 18 heavy (non-hydrogen) atoms. The Morgan fingerprint density at radius 1 is 1.33 bits per heavy atom. The van der Waals surface area contributed by atoms with Crippen LogP contribution in [0.3, 0.4) is 0 Å². The molecular formula is C14H16BrClN2. The average Bonchev–Trinajstić information content (AvgIpc) is 2.29. The van der Waals surface area contributed by atoms with E-state index in [0.717, 1.165) is 33.3 Å². The average molecular weight is 328 g/mol. The molecule has 1 heterocycles. The lowest BCUT2D eigenvalue weighted by Gasteiger charge is -2.13. The lowest BCUT2D eigenvalue weighted by molar-refractivity contribution is 0.830. The zero-order valence-corrected chi connectivity index (χ0v) is 13.1. The summed E-state index contributed by atoms with van der Waals surface area (Å²) in [5.41, 5.74) is 3.01. The lowest BCUT2D eigenvalue weighted by Crippen LogP contribution is -2.02. The van der Waals surface area contributed by atoms with Crippen molar-refractivity contribution in [2.75, 3.05) is 11.9 Å². The number of benzene rings is 1. The third-order valence-corrected chi connectivity index (χ3v) is 3.56. The maximum atomic E-state index is 6.29. The highest BCUT2D eigenvalue weighted by molar-refractivity contribution is 9.10. The fraction of sp³-hybridized carbons (Fsp3) is 0.357. The van der Waals surface area contributed by atoms with Crippen LogP contribution in [0.15, 0.2) is 22.7 Å². The third kappa shape index (κ3) is 2.62. The molecule has 0 saturated heterocycles. The van der Waals surface area contributed by atoms with Crippen LogP contribution in [-0.2, 0) is 0 Å². The lowest BCUT2D eigenvalue weighted by atomic mass is 10.1. The summed E-state index contributed by atoms with van der Waals surface area (Å²) in [6, 6.07) is 6.05. The largest absolute Gasteiger partial charge is 0.385 e. The van der Waals surface area contributed by atoms with E-state index < -0.39 is 0 Å². The molecular weight excluding hydrogens is 312 g/mol. The Morgan fingerprint density at radius 3 is 2.67 bits per heavy atom. The molecule has 0 aliphatic rings. The Bertz CT molecular complexity index is 582. The smallest absolute Gasteiger partial charge is 0.0913 e. The zero-order chi connectivity index (χ0) is 13.3. The summed E-state index contributed by atoms with van der Waals surface area (Å²) >= 11 is 9.77. The molecule has 0 radical (unpaired) electrons. The number of nitrogens with one attached hydrogen (secondary N) is 1. The second kappa shape index (κ2) is 5.45. The van der Waals surface area contributed by atoms with Crippen LogP contribution in [0, 0.1) is 0 Å². The Morgan fingerprint density at radius 2 is 2.06 bits per heavy atom. The highest BCUT2D eigenvalue weighted by Gasteiger charge is 2.11. The van der Waals surface area contributed by atoms with Gasteiger partial charge in [0, 0.05) is 27.8 Å². The number of fused-ring (bicyclic) bond motifs is 1. The molecule has 2 rings (SSSR count). The maximum Gasteiger partial charge on any atom is 0.0913 e. The monoisotopic (exact) mass is 326 g/mol. The molecule has 96 valence electrons. The summed E-state index contributed by atoms with van der Waals surface area (Å²) in [6.45, 7) is 7.23. The minimum absolute atomic E-state index is 0.381. The van der Waals surface area contributed by atoms with Crippen LogP contribution in [0.2, 0.25) is 5.02 Å². The number of rotatable bonds is 3. The number of pyridine rings is 1. The molecule has 1 aromatic carbocycles. The molecule has 1 N–H and O–H groups in total. The molecule has 4 heteroatoms. The highest BCUT2D eigenvalue weighted by atomic mass is 79.9. The predicted molar refractivity (Wildman–Crippen MR) is 82.7 cm³/mol. The van der Waals surface area contributed by atoms with Gasteiger partial charge < -0.3 is 5.32 Å². The number of nitrogens with zero attached hydrogens (tertiary/aromatic N) is 1. The van der Waals surface area contributed by atoms with Gasteiger partial charge in [0.15, 0.2) is 0 Å². The van der Waals surface area contributed by atoms with Crippen molar-refractivity contribution < 1.29 is 0 Å². The Kier molecular flexibility index (Phi) is 4.13. The van der Waals surface area contributed by atoms with Crippen LogP contribution in [-0.4, -0.2) is 11.5 Å². The zero-order valence-electron chi connectivity index (χ0n) is 10.7. The van der Waals surface area contributed by atoms with Gasteiger partial charge in [0.25, 0.3) is 0 Å². The van der Waals surface area contributed by atoms with Gasteiger partial charge in [-0.2, -0.15) is 0 Å². The normalized spacial score (nSPS) is 11.2. The van der Waals surface area contributed by atoms with E-state index in [2.05, 4.69) is 59.1 Å². The maximum absolute atomic E-state index is 6.29. The van der Waals surface area contributed by atoms with E-state index in [9.17, 15) is 0 Å². The van der Waals surface area contributed by atoms with Crippen molar-refractivity contribution in [2.24, 2.45) is 0 Å². The van der Waals surface area contributed by atoms with Gasteiger partial charge in [-0.3, -0.25) is 4.98 Å².